The van der Waals surface area contributed by atoms with Gasteiger partial charge in [0.2, 0.25) is 0 Å². The molecule has 1 aromatic heterocycles. The van der Waals surface area contributed by atoms with Gasteiger partial charge in [-0.3, -0.25) is 4.79 Å². The summed E-state index contributed by atoms with van der Waals surface area (Å²) in [6.45, 7) is 1.49. The average Bonchev–Trinajstić information content (AvgIpc) is 3.47. The van der Waals surface area contributed by atoms with Crippen molar-refractivity contribution in [1.29, 1.82) is 0 Å². The van der Waals surface area contributed by atoms with Gasteiger partial charge in [-0.05, 0) is 55.7 Å². The van der Waals surface area contributed by atoms with Crippen LogP contribution in [0.2, 0.25) is 5.02 Å². The molecule has 1 N–H and O–H groups in total. The van der Waals surface area contributed by atoms with Crippen molar-refractivity contribution in [3.63, 3.8) is 0 Å². The van der Waals surface area contributed by atoms with Gasteiger partial charge in [-0.15, -0.1) is 0 Å². The van der Waals surface area contributed by atoms with Crippen molar-refractivity contribution >= 4 is 29.2 Å². The number of aromatic nitrogens is 2. The summed E-state index contributed by atoms with van der Waals surface area (Å²) < 4.78 is 6.82. The average molecular weight is 410 g/mol. The zero-order chi connectivity index (χ0) is 20.4. The van der Waals surface area contributed by atoms with Crippen molar-refractivity contribution in [3.8, 4) is 5.69 Å². The van der Waals surface area contributed by atoms with Crippen LogP contribution < -0.4 is 5.32 Å². The van der Waals surface area contributed by atoms with Crippen molar-refractivity contribution in [2.45, 2.75) is 25.7 Å². The van der Waals surface area contributed by atoms with Crippen LogP contribution >= 0.6 is 11.6 Å². The third-order valence-electron chi connectivity index (χ3n) is 4.67. The lowest BCUT2D eigenvalue weighted by molar-refractivity contribution is -0.119. The van der Waals surface area contributed by atoms with Gasteiger partial charge in [0.15, 0.2) is 12.3 Å². The highest BCUT2D eigenvalue weighted by atomic mass is 35.5. The van der Waals surface area contributed by atoms with Crippen molar-refractivity contribution < 1.29 is 14.3 Å². The minimum atomic E-state index is -0.599. The van der Waals surface area contributed by atoms with E-state index >= 15 is 0 Å². The van der Waals surface area contributed by atoms with Crippen molar-refractivity contribution in [2.24, 2.45) is 0 Å². The Kier molecular flexibility index (Phi) is 5.36. The van der Waals surface area contributed by atoms with Gasteiger partial charge in [-0.2, -0.15) is 5.10 Å². The maximum absolute atomic E-state index is 12.7. The smallest absolute Gasteiger partial charge is 0.357 e. The number of benzene rings is 2. The normalized spacial score (nSPS) is 13.2. The summed E-state index contributed by atoms with van der Waals surface area (Å²) in [7, 11) is 0. The van der Waals surface area contributed by atoms with Gasteiger partial charge in [-0.1, -0.05) is 35.9 Å². The molecule has 3 aromatic rings. The molecule has 0 unspecified atom stereocenters. The predicted octanol–water partition coefficient (Wildman–Crippen LogP) is 4.51. The van der Waals surface area contributed by atoms with Crippen LogP contribution in [0.4, 0.5) is 5.69 Å². The van der Waals surface area contributed by atoms with Gasteiger partial charge in [0.05, 0.1) is 22.1 Å². The van der Waals surface area contributed by atoms with Gasteiger partial charge in [-0.25, -0.2) is 9.48 Å². The molecule has 1 fully saturated rings. The Labute approximate surface area is 173 Å². The van der Waals surface area contributed by atoms with E-state index in [1.807, 2.05) is 43.3 Å². The highest BCUT2D eigenvalue weighted by Gasteiger charge is 2.29. The Morgan fingerprint density at radius 2 is 1.93 bits per heavy atom. The van der Waals surface area contributed by atoms with Crippen molar-refractivity contribution in [1.82, 2.24) is 9.78 Å². The first-order chi connectivity index (χ1) is 14.0. The molecule has 1 amide bonds. The fourth-order valence-corrected chi connectivity index (χ4v) is 3.28. The monoisotopic (exact) mass is 409 g/mol. The van der Waals surface area contributed by atoms with Crippen molar-refractivity contribution in [2.75, 3.05) is 11.9 Å². The van der Waals surface area contributed by atoms with Gasteiger partial charge in [0.25, 0.3) is 5.91 Å². The van der Waals surface area contributed by atoms with E-state index in [4.69, 9.17) is 16.3 Å². The van der Waals surface area contributed by atoms with E-state index in [9.17, 15) is 9.59 Å². The molecule has 1 aliphatic carbocycles. The second kappa shape index (κ2) is 8.09. The number of amides is 1. The third-order valence-corrected chi connectivity index (χ3v) is 4.98. The maximum Gasteiger partial charge on any atom is 0.357 e. The summed E-state index contributed by atoms with van der Waals surface area (Å²) in [6, 6.07) is 16.4. The number of anilines is 1. The minimum absolute atomic E-state index is 0.305. The van der Waals surface area contributed by atoms with E-state index in [1.54, 1.807) is 22.9 Å². The van der Waals surface area contributed by atoms with Gasteiger partial charge < -0.3 is 10.1 Å². The SMILES string of the molecule is Cc1ccc(NC(=O)COC(=O)c2cc(C3CC3)nn2-c2ccccc2)c(Cl)c1. The summed E-state index contributed by atoms with van der Waals surface area (Å²) in [5, 5.41) is 7.66. The number of nitrogens with one attached hydrogen (secondary N) is 1. The third kappa shape index (κ3) is 4.49. The number of esters is 1. The van der Waals surface area contributed by atoms with Gasteiger partial charge in [0, 0.05) is 5.92 Å². The fraction of sp³-hybridized carbons (Fsp3) is 0.227. The molecule has 0 spiro atoms. The van der Waals surface area contributed by atoms with E-state index in [-0.39, 0.29) is 0 Å². The number of nitrogens with zero attached hydrogens (tertiary/aromatic N) is 2. The summed E-state index contributed by atoms with van der Waals surface area (Å²) in [5.41, 5.74) is 3.40. The van der Waals surface area contributed by atoms with E-state index < -0.39 is 18.5 Å². The number of hydrogen-bond donors (Lipinski definition) is 1. The van der Waals surface area contributed by atoms with Crippen molar-refractivity contribution in [3.05, 3.63) is 76.6 Å². The second-order valence-corrected chi connectivity index (χ2v) is 7.49. The van der Waals surface area contributed by atoms with E-state index in [2.05, 4.69) is 10.4 Å². The van der Waals surface area contributed by atoms with E-state index in [0.29, 0.717) is 22.3 Å². The molecule has 1 aliphatic rings. The lowest BCUT2D eigenvalue weighted by Gasteiger charge is -2.09. The van der Waals surface area contributed by atoms with Crippen LogP contribution in [-0.4, -0.2) is 28.3 Å². The zero-order valence-electron chi connectivity index (χ0n) is 15.9. The largest absolute Gasteiger partial charge is 0.451 e. The topological polar surface area (TPSA) is 73.2 Å². The van der Waals surface area contributed by atoms with Crippen LogP contribution in [0.5, 0.6) is 0 Å². The molecule has 4 rings (SSSR count). The molecular weight excluding hydrogens is 390 g/mol. The molecular formula is C22H20ClN3O3. The fourth-order valence-electron chi connectivity index (χ4n) is 3.00. The Morgan fingerprint density at radius 1 is 1.17 bits per heavy atom. The molecule has 2 aromatic carbocycles. The highest BCUT2D eigenvalue weighted by Crippen LogP contribution is 2.39. The number of hydrogen-bond acceptors (Lipinski definition) is 4. The molecule has 148 valence electrons. The molecule has 0 bridgehead atoms. The van der Waals surface area contributed by atoms with Gasteiger partial charge in [0.1, 0.15) is 0 Å². The van der Waals surface area contributed by atoms with E-state index in [0.717, 1.165) is 29.8 Å². The number of carbonyl (C=O) groups is 2. The first-order valence-corrected chi connectivity index (χ1v) is 9.77. The highest BCUT2D eigenvalue weighted by molar-refractivity contribution is 6.33. The Balaban J connectivity index is 1.46. The van der Waals surface area contributed by atoms with Crippen LogP contribution in [0.1, 0.15) is 40.5 Å². The Morgan fingerprint density at radius 3 is 2.62 bits per heavy atom. The molecule has 1 saturated carbocycles. The summed E-state index contributed by atoms with van der Waals surface area (Å²) in [4.78, 5) is 24.9. The first-order valence-electron chi connectivity index (χ1n) is 9.40. The second-order valence-electron chi connectivity index (χ2n) is 7.08. The zero-order valence-corrected chi connectivity index (χ0v) is 16.6. The summed E-state index contributed by atoms with van der Waals surface area (Å²) in [5.74, 6) is -0.672. The molecule has 0 aliphatic heterocycles. The van der Waals surface area contributed by atoms with E-state index in [1.165, 1.54) is 0 Å². The number of rotatable bonds is 6. The number of ether oxygens (including phenoxy) is 1. The number of halogens is 1. The molecule has 0 saturated heterocycles. The molecule has 0 radical (unpaired) electrons. The maximum atomic E-state index is 12.7. The molecule has 7 heteroatoms. The Bertz CT molecular complexity index is 1060. The lowest BCUT2D eigenvalue weighted by atomic mass is 10.2. The standard InChI is InChI=1S/C22H20ClN3O3/c1-14-7-10-18(17(23)11-14)24-21(27)13-29-22(28)20-12-19(15-8-9-15)25-26(20)16-5-3-2-4-6-16/h2-7,10-12,15H,8-9,13H2,1H3,(H,24,27). The Hall–Kier alpha value is -3.12. The van der Waals surface area contributed by atoms with Crippen LogP contribution in [0, 0.1) is 6.92 Å². The van der Waals surface area contributed by atoms with Crippen LogP contribution in [0.15, 0.2) is 54.6 Å². The quantitative estimate of drug-likeness (QED) is 0.608. The van der Waals surface area contributed by atoms with Crippen LogP contribution in [-0.2, 0) is 9.53 Å². The van der Waals surface area contributed by atoms with Crippen LogP contribution in [0.25, 0.3) is 5.69 Å². The molecule has 29 heavy (non-hydrogen) atoms. The molecule has 0 atom stereocenters. The first kappa shape index (κ1) is 19.2. The number of para-hydroxylation sites is 1. The summed E-state index contributed by atoms with van der Waals surface area (Å²) in [6.07, 6.45) is 2.14. The molecule has 1 heterocycles. The molecule has 6 nitrogen and oxygen atoms in total. The number of aryl methyl sites for hydroxylation is 1. The number of carbonyl (C=O) groups excluding carboxylic acids is 2. The predicted molar refractivity (Wildman–Crippen MR) is 111 cm³/mol. The van der Waals surface area contributed by atoms with Gasteiger partial charge >= 0.3 is 5.97 Å². The summed E-state index contributed by atoms with van der Waals surface area (Å²) >= 11 is 6.13. The lowest BCUT2D eigenvalue weighted by Crippen LogP contribution is -2.22. The minimum Gasteiger partial charge on any atom is -0.451 e. The van der Waals surface area contributed by atoms with Crippen LogP contribution in [0.3, 0.4) is 0 Å².